The van der Waals surface area contributed by atoms with E-state index in [2.05, 4.69) is 10.2 Å². The summed E-state index contributed by atoms with van der Waals surface area (Å²) >= 11 is 1.32. The predicted octanol–water partition coefficient (Wildman–Crippen LogP) is 0.579. The molecule has 1 aromatic rings. The van der Waals surface area contributed by atoms with E-state index in [4.69, 9.17) is 0 Å². The third-order valence-corrected chi connectivity index (χ3v) is 6.30. The van der Waals surface area contributed by atoms with Crippen LogP contribution < -0.4 is 0 Å². The number of thioether (sulfide) groups is 1. The molecule has 1 aromatic heterocycles. The van der Waals surface area contributed by atoms with E-state index in [9.17, 15) is 13.2 Å². The number of carbonyl (C=O) groups is 1. The van der Waals surface area contributed by atoms with Crippen LogP contribution in [0, 0.1) is 5.92 Å². The van der Waals surface area contributed by atoms with Gasteiger partial charge in [0.1, 0.15) is 6.33 Å². The summed E-state index contributed by atoms with van der Waals surface area (Å²) in [4.78, 5) is 14.3. The summed E-state index contributed by atoms with van der Waals surface area (Å²) in [6.07, 6.45) is 2.12. The van der Waals surface area contributed by atoms with Crippen molar-refractivity contribution in [1.29, 1.82) is 0 Å². The Morgan fingerprint density at radius 2 is 2.27 bits per heavy atom. The Hall–Kier alpha value is -1.09. The molecular weight excluding hydrogens is 324 g/mol. The van der Waals surface area contributed by atoms with Crippen LogP contribution in [0.15, 0.2) is 11.5 Å². The normalized spacial score (nSPS) is 20.5. The molecule has 1 fully saturated rings. The first-order valence-electron chi connectivity index (χ1n) is 7.25. The van der Waals surface area contributed by atoms with Crippen molar-refractivity contribution in [1.82, 2.24) is 19.7 Å². The van der Waals surface area contributed by atoms with Gasteiger partial charge in [0, 0.05) is 19.6 Å². The molecule has 1 aliphatic rings. The predicted molar refractivity (Wildman–Crippen MR) is 85.3 cm³/mol. The molecule has 9 heteroatoms. The summed E-state index contributed by atoms with van der Waals surface area (Å²) in [7, 11) is -1.18. The first-order valence-corrected chi connectivity index (χ1v) is 10.1. The molecule has 1 amide bonds. The molecular formula is C13H22N4O3S2. The standard InChI is InChI=1S/C13H22N4O3S2/c1-10(2)6-17(11-4-5-22(19,20)8-11)12(18)7-21-13-15-14-9-16(13)3/h9-11H,4-8H2,1-3H3. The highest BCUT2D eigenvalue weighted by molar-refractivity contribution is 7.99. The van der Waals surface area contributed by atoms with Gasteiger partial charge in [0.2, 0.25) is 5.91 Å². The van der Waals surface area contributed by atoms with Crippen molar-refractivity contribution < 1.29 is 13.2 Å². The van der Waals surface area contributed by atoms with E-state index in [1.165, 1.54) is 11.8 Å². The fourth-order valence-corrected chi connectivity index (χ4v) is 4.99. The number of aromatic nitrogens is 3. The van der Waals surface area contributed by atoms with Crippen LogP contribution >= 0.6 is 11.8 Å². The van der Waals surface area contributed by atoms with Gasteiger partial charge in [0.05, 0.1) is 17.3 Å². The lowest BCUT2D eigenvalue weighted by atomic mass is 10.1. The zero-order valence-electron chi connectivity index (χ0n) is 13.1. The Labute approximate surface area is 135 Å². The molecule has 0 aromatic carbocycles. The van der Waals surface area contributed by atoms with Crippen LogP contribution in [-0.2, 0) is 21.7 Å². The molecule has 0 saturated carbocycles. The molecule has 0 aliphatic carbocycles. The van der Waals surface area contributed by atoms with E-state index in [0.29, 0.717) is 24.0 Å². The average Bonchev–Trinajstić information content (AvgIpc) is 2.98. The van der Waals surface area contributed by atoms with Gasteiger partial charge in [-0.15, -0.1) is 10.2 Å². The molecule has 1 atom stereocenters. The van der Waals surface area contributed by atoms with E-state index in [1.54, 1.807) is 15.8 Å². The van der Waals surface area contributed by atoms with Crippen LogP contribution in [0.1, 0.15) is 20.3 Å². The van der Waals surface area contributed by atoms with Crippen LogP contribution in [-0.4, -0.2) is 63.8 Å². The number of carbonyl (C=O) groups excluding carboxylic acids is 1. The molecule has 1 unspecified atom stereocenters. The highest BCUT2D eigenvalue weighted by Crippen LogP contribution is 2.21. The Kier molecular flexibility index (Phi) is 5.49. The number of rotatable bonds is 6. The lowest BCUT2D eigenvalue weighted by molar-refractivity contribution is -0.130. The molecule has 124 valence electrons. The van der Waals surface area contributed by atoms with Crippen molar-refractivity contribution in [2.45, 2.75) is 31.5 Å². The molecule has 7 nitrogen and oxygen atoms in total. The topological polar surface area (TPSA) is 85.2 Å². The smallest absolute Gasteiger partial charge is 0.233 e. The first-order chi connectivity index (χ1) is 10.3. The van der Waals surface area contributed by atoms with E-state index in [1.807, 2.05) is 20.9 Å². The highest BCUT2D eigenvalue weighted by atomic mass is 32.2. The summed E-state index contributed by atoms with van der Waals surface area (Å²) < 4.78 is 25.1. The van der Waals surface area contributed by atoms with Gasteiger partial charge in [-0.1, -0.05) is 25.6 Å². The third kappa shape index (κ3) is 4.45. The van der Waals surface area contributed by atoms with Crippen molar-refractivity contribution >= 4 is 27.5 Å². The van der Waals surface area contributed by atoms with Crippen molar-refractivity contribution in [3.63, 3.8) is 0 Å². The molecule has 1 saturated heterocycles. The minimum absolute atomic E-state index is 0.0381. The Morgan fingerprint density at radius 3 is 2.77 bits per heavy atom. The number of amides is 1. The monoisotopic (exact) mass is 346 g/mol. The Balaban J connectivity index is 2.02. The van der Waals surface area contributed by atoms with E-state index >= 15 is 0 Å². The number of hydrogen-bond donors (Lipinski definition) is 0. The van der Waals surface area contributed by atoms with Crippen LogP contribution in [0.2, 0.25) is 0 Å². The minimum atomic E-state index is -3.00. The summed E-state index contributed by atoms with van der Waals surface area (Å²) in [6, 6.07) is -0.194. The maximum Gasteiger partial charge on any atom is 0.233 e. The lowest BCUT2D eigenvalue weighted by Gasteiger charge is -2.29. The van der Waals surface area contributed by atoms with Gasteiger partial charge in [-0.2, -0.15) is 0 Å². The SMILES string of the molecule is CC(C)CN(C(=O)CSc1nncn1C)C1CCS(=O)(=O)C1. The molecule has 0 spiro atoms. The van der Waals surface area contributed by atoms with Crippen molar-refractivity contribution in [3.8, 4) is 0 Å². The van der Waals surface area contributed by atoms with Gasteiger partial charge >= 0.3 is 0 Å². The molecule has 22 heavy (non-hydrogen) atoms. The molecule has 0 N–H and O–H groups in total. The van der Waals surface area contributed by atoms with Crippen molar-refractivity contribution in [2.24, 2.45) is 13.0 Å². The fourth-order valence-electron chi connectivity index (χ4n) is 2.48. The average molecular weight is 346 g/mol. The highest BCUT2D eigenvalue weighted by Gasteiger charge is 2.34. The number of sulfone groups is 1. The second-order valence-electron chi connectivity index (χ2n) is 6.01. The summed E-state index contributed by atoms with van der Waals surface area (Å²) in [5.41, 5.74) is 0. The number of nitrogens with zero attached hydrogens (tertiary/aromatic N) is 4. The van der Waals surface area contributed by atoms with Gasteiger partial charge in [0.25, 0.3) is 0 Å². The third-order valence-electron chi connectivity index (χ3n) is 3.53. The zero-order chi connectivity index (χ0) is 16.3. The van der Waals surface area contributed by atoms with Crippen LogP contribution in [0.5, 0.6) is 0 Å². The number of aryl methyl sites for hydroxylation is 1. The molecule has 0 radical (unpaired) electrons. The second-order valence-corrected chi connectivity index (χ2v) is 9.18. The van der Waals surface area contributed by atoms with Crippen LogP contribution in [0.3, 0.4) is 0 Å². The maximum atomic E-state index is 12.5. The molecule has 2 heterocycles. The van der Waals surface area contributed by atoms with Gasteiger partial charge in [0.15, 0.2) is 15.0 Å². The van der Waals surface area contributed by atoms with Gasteiger partial charge < -0.3 is 9.47 Å². The van der Waals surface area contributed by atoms with Crippen LogP contribution in [0.4, 0.5) is 0 Å². The van der Waals surface area contributed by atoms with Crippen molar-refractivity contribution in [3.05, 3.63) is 6.33 Å². The molecule has 0 bridgehead atoms. The minimum Gasteiger partial charge on any atom is -0.338 e. The zero-order valence-corrected chi connectivity index (χ0v) is 14.7. The fraction of sp³-hybridized carbons (Fsp3) is 0.769. The Morgan fingerprint density at radius 1 is 1.55 bits per heavy atom. The van der Waals surface area contributed by atoms with Crippen molar-refractivity contribution in [2.75, 3.05) is 23.8 Å². The lowest BCUT2D eigenvalue weighted by Crippen LogP contribution is -2.44. The first kappa shape index (κ1) is 17.3. The summed E-state index contributed by atoms with van der Waals surface area (Å²) in [5, 5.41) is 8.39. The Bertz CT molecular complexity index is 627. The second kappa shape index (κ2) is 6.99. The largest absolute Gasteiger partial charge is 0.338 e. The van der Waals surface area contributed by atoms with Gasteiger partial charge in [-0.05, 0) is 12.3 Å². The quantitative estimate of drug-likeness (QED) is 0.701. The van der Waals surface area contributed by atoms with Crippen LogP contribution in [0.25, 0.3) is 0 Å². The van der Waals surface area contributed by atoms with Gasteiger partial charge in [-0.25, -0.2) is 8.42 Å². The summed E-state index contributed by atoms with van der Waals surface area (Å²) in [5.74, 6) is 0.766. The summed E-state index contributed by atoms with van der Waals surface area (Å²) in [6.45, 7) is 4.64. The number of hydrogen-bond acceptors (Lipinski definition) is 6. The van der Waals surface area contributed by atoms with Gasteiger partial charge in [-0.3, -0.25) is 4.79 Å². The van der Waals surface area contributed by atoms with E-state index in [0.717, 1.165) is 0 Å². The maximum absolute atomic E-state index is 12.5. The van der Waals surface area contributed by atoms with E-state index in [-0.39, 0.29) is 29.2 Å². The van der Waals surface area contributed by atoms with E-state index < -0.39 is 9.84 Å². The molecule has 2 rings (SSSR count). The molecule has 1 aliphatic heterocycles.